The van der Waals surface area contributed by atoms with Gasteiger partial charge in [-0.25, -0.2) is 4.79 Å². The van der Waals surface area contributed by atoms with E-state index in [0.29, 0.717) is 0 Å². The highest BCUT2D eigenvalue weighted by molar-refractivity contribution is 5.86. The van der Waals surface area contributed by atoms with Crippen LogP contribution in [0.25, 0.3) is 0 Å². The first-order valence-electron chi connectivity index (χ1n) is 15.0. The van der Waals surface area contributed by atoms with Crippen molar-refractivity contribution in [1.29, 1.82) is 0 Å². The third-order valence-electron chi connectivity index (χ3n) is 6.01. The molecule has 0 aliphatic rings. The lowest BCUT2D eigenvalue weighted by Gasteiger charge is -2.36. The third kappa shape index (κ3) is 17.5. The molecule has 1 atom stereocenters. The smallest absolute Gasteiger partial charge is 0.408 e. The van der Waals surface area contributed by atoms with E-state index in [2.05, 4.69) is 10.6 Å². The van der Waals surface area contributed by atoms with Gasteiger partial charge in [-0.3, -0.25) is 19.2 Å². The summed E-state index contributed by atoms with van der Waals surface area (Å²) in [6, 6.07) is 8.05. The first-order chi connectivity index (χ1) is 20.1. The average Bonchev–Trinajstić information content (AvgIpc) is 2.86. The number of benzene rings is 1. The lowest BCUT2D eigenvalue weighted by molar-refractivity contribution is -0.155. The Morgan fingerprint density at radius 1 is 0.659 bits per heavy atom. The Hall–Kier alpha value is -3.63. The van der Waals surface area contributed by atoms with E-state index < -0.39 is 58.3 Å². The molecule has 1 rings (SSSR count). The van der Waals surface area contributed by atoms with Crippen molar-refractivity contribution in [3.63, 3.8) is 0 Å². The minimum Gasteiger partial charge on any atom is -0.460 e. The van der Waals surface area contributed by atoms with Crippen LogP contribution in [0.3, 0.4) is 0 Å². The predicted octanol–water partition coefficient (Wildman–Crippen LogP) is 5.52. The molecule has 2 amide bonds. The summed E-state index contributed by atoms with van der Waals surface area (Å²) in [6.45, 7) is 17.2. The number of amides is 2. The fraction of sp³-hybridized carbons (Fsp3) is 0.667. The summed E-state index contributed by atoms with van der Waals surface area (Å²) in [5.41, 5.74) is -2.62. The van der Waals surface area contributed by atoms with Gasteiger partial charge in [0.25, 0.3) is 0 Å². The van der Waals surface area contributed by atoms with Crippen LogP contribution < -0.4 is 10.6 Å². The van der Waals surface area contributed by atoms with Gasteiger partial charge in [-0.1, -0.05) is 30.3 Å². The molecule has 11 heteroatoms. The normalized spacial score (nSPS) is 12.9. The molecule has 0 heterocycles. The highest BCUT2D eigenvalue weighted by Crippen LogP contribution is 2.29. The zero-order valence-electron chi connectivity index (χ0n) is 28.1. The lowest BCUT2D eigenvalue weighted by Crippen LogP contribution is -2.55. The van der Waals surface area contributed by atoms with E-state index in [4.69, 9.17) is 18.9 Å². The van der Waals surface area contributed by atoms with Crippen LogP contribution in [0, 0.1) is 0 Å². The summed E-state index contributed by atoms with van der Waals surface area (Å²) < 4.78 is 21.7. The van der Waals surface area contributed by atoms with Crippen molar-refractivity contribution < 1.29 is 42.9 Å². The van der Waals surface area contributed by atoms with E-state index in [0.717, 1.165) is 5.56 Å². The third-order valence-corrected chi connectivity index (χ3v) is 6.01. The van der Waals surface area contributed by atoms with Crippen LogP contribution in [0.1, 0.15) is 113 Å². The molecule has 2 N–H and O–H groups in total. The van der Waals surface area contributed by atoms with E-state index in [1.54, 1.807) is 74.4 Å². The minimum absolute atomic E-state index is 0.0205. The summed E-state index contributed by atoms with van der Waals surface area (Å²) in [5, 5.41) is 5.44. The molecule has 0 bridgehead atoms. The second-order valence-electron chi connectivity index (χ2n) is 14.0. The zero-order chi connectivity index (χ0) is 33.8. The van der Waals surface area contributed by atoms with Gasteiger partial charge in [0.1, 0.15) is 29.5 Å². The molecule has 0 saturated heterocycles. The molecule has 0 unspecified atom stereocenters. The number of hydrogen-bond acceptors (Lipinski definition) is 9. The predicted molar refractivity (Wildman–Crippen MR) is 165 cm³/mol. The van der Waals surface area contributed by atoms with Gasteiger partial charge in [0.2, 0.25) is 5.91 Å². The lowest BCUT2D eigenvalue weighted by atomic mass is 9.83. The second kappa shape index (κ2) is 16.4. The summed E-state index contributed by atoms with van der Waals surface area (Å²) in [4.78, 5) is 64.1. The van der Waals surface area contributed by atoms with E-state index in [1.165, 1.54) is 6.92 Å². The number of alkyl carbamates (subject to hydrolysis) is 1. The molecule has 0 aliphatic carbocycles. The number of hydrogen-bond donors (Lipinski definition) is 2. The molecule has 11 nitrogen and oxygen atoms in total. The summed E-state index contributed by atoms with van der Waals surface area (Å²) in [6.07, 6.45) is -0.902. The first kappa shape index (κ1) is 38.4. The highest BCUT2D eigenvalue weighted by atomic mass is 16.6. The number of nitrogens with one attached hydrogen (secondary N) is 2. The largest absolute Gasteiger partial charge is 0.460 e. The minimum atomic E-state index is -1.22. The van der Waals surface area contributed by atoms with Gasteiger partial charge in [-0.15, -0.1) is 0 Å². The van der Waals surface area contributed by atoms with Crippen LogP contribution in [0.15, 0.2) is 30.3 Å². The Morgan fingerprint density at radius 3 is 1.41 bits per heavy atom. The average molecular weight is 621 g/mol. The van der Waals surface area contributed by atoms with Crippen LogP contribution in [0.4, 0.5) is 4.79 Å². The monoisotopic (exact) mass is 620 g/mol. The quantitative estimate of drug-likeness (QED) is 0.203. The number of carbonyl (C=O) groups excluding carboxylic acids is 5. The fourth-order valence-electron chi connectivity index (χ4n) is 4.14. The summed E-state index contributed by atoms with van der Waals surface area (Å²) in [5.74, 6) is -2.08. The molecule has 44 heavy (non-hydrogen) atoms. The van der Waals surface area contributed by atoms with Gasteiger partial charge in [0, 0.05) is 24.8 Å². The molecule has 0 aromatic heterocycles. The van der Waals surface area contributed by atoms with Gasteiger partial charge < -0.3 is 29.6 Å². The fourth-order valence-corrected chi connectivity index (χ4v) is 4.14. The Kier molecular flexibility index (Phi) is 14.3. The summed E-state index contributed by atoms with van der Waals surface area (Å²) in [7, 11) is 0. The van der Waals surface area contributed by atoms with Crippen molar-refractivity contribution in [1.82, 2.24) is 10.6 Å². The molecule has 0 saturated carbocycles. The molecule has 0 radical (unpaired) electrons. The topological polar surface area (TPSA) is 146 Å². The maximum Gasteiger partial charge on any atom is 0.408 e. The molecule has 0 fully saturated rings. The van der Waals surface area contributed by atoms with Crippen LogP contribution in [0.5, 0.6) is 0 Å². The molecular formula is C33H52N2O9. The van der Waals surface area contributed by atoms with E-state index in [9.17, 15) is 24.0 Å². The van der Waals surface area contributed by atoms with Gasteiger partial charge in [0.15, 0.2) is 0 Å². The van der Waals surface area contributed by atoms with Crippen molar-refractivity contribution in [2.45, 2.75) is 143 Å². The van der Waals surface area contributed by atoms with Gasteiger partial charge in [-0.2, -0.15) is 0 Å². The molecule has 1 aromatic rings. The van der Waals surface area contributed by atoms with Crippen molar-refractivity contribution in [3.05, 3.63) is 35.9 Å². The van der Waals surface area contributed by atoms with Crippen LogP contribution in [-0.4, -0.2) is 58.3 Å². The van der Waals surface area contributed by atoms with Crippen LogP contribution in [0.2, 0.25) is 0 Å². The molecule has 0 aliphatic heterocycles. The van der Waals surface area contributed by atoms with Crippen molar-refractivity contribution in [2.24, 2.45) is 0 Å². The van der Waals surface area contributed by atoms with Crippen molar-refractivity contribution in [3.8, 4) is 0 Å². The molecule has 0 spiro atoms. The molecule has 248 valence electrons. The first-order valence-corrected chi connectivity index (χ1v) is 15.0. The van der Waals surface area contributed by atoms with Gasteiger partial charge in [-0.05, 0) is 94.1 Å². The van der Waals surface area contributed by atoms with Crippen molar-refractivity contribution in [2.75, 3.05) is 0 Å². The second-order valence-corrected chi connectivity index (χ2v) is 14.0. The Bertz CT molecular complexity index is 1030. The molecule has 1 aromatic carbocycles. The number of carbonyl (C=O) groups is 5. The Balaban J connectivity index is 3.19. The van der Waals surface area contributed by atoms with Crippen LogP contribution in [-0.2, 0) is 44.7 Å². The Labute approximate surface area is 262 Å². The Morgan fingerprint density at radius 2 is 1.05 bits per heavy atom. The van der Waals surface area contributed by atoms with Gasteiger partial charge in [0.05, 0.1) is 0 Å². The van der Waals surface area contributed by atoms with Crippen molar-refractivity contribution >= 4 is 29.9 Å². The number of ether oxygens (including phenoxy) is 4. The van der Waals surface area contributed by atoms with Gasteiger partial charge >= 0.3 is 24.0 Å². The van der Waals surface area contributed by atoms with E-state index in [-0.39, 0.29) is 45.1 Å². The maximum atomic E-state index is 13.5. The SMILES string of the molecule is C[C@@H](NC(=O)OCc1ccccc1)C(=O)NC(CCC(=O)OC(C)(C)C)(CCC(=O)OC(C)(C)C)CCC(=O)OC(C)(C)C. The standard InChI is InChI=1S/C33H52N2O9/c1-23(34-29(40)41-22-24-14-12-11-13-15-24)28(39)35-33(19-16-25(36)42-30(2,3)4,20-17-26(37)43-31(5,6)7)21-18-27(38)44-32(8,9)10/h11-15,23H,16-22H2,1-10H3,(H,34,40)(H,35,39)/t23-/m1/s1. The molecular weight excluding hydrogens is 568 g/mol. The van der Waals surface area contributed by atoms with Crippen LogP contribution >= 0.6 is 0 Å². The number of esters is 3. The van der Waals surface area contributed by atoms with E-state index in [1.807, 2.05) is 18.2 Å². The van der Waals surface area contributed by atoms with E-state index >= 15 is 0 Å². The number of rotatable bonds is 14. The maximum absolute atomic E-state index is 13.5. The summed E-state index contributed by atoms with van der Waals surface area (Å²) >= 11 is 0. The highest BCUT2D eigenvalue weighted by Gasteiger charge is 2.37. The zero-order valence-corrected chi connectivity index (χ0v) is 28.1.